The van der Waals surface area contributed by atoms with Gasteiger partial charge in [-0.3, -0.25) is 0 Å². The van der Waals surface area contributed by atoms with E-state index >= 15 is 0 Å². The summed E-state index contributed by atoms with van der Waals surface area (Å²) in [6, 6.07) is 59.8. The van der Waals surface area contributed by atoms with Gasteiger partial charge in [-0.05, 0) is 46.8 Å². The Balaban J connectivity index is 1.30. The van der Waals surface area contributed by atoms with Gasteiger partial charge in [0.2, 0.25) is 0 Å². The largest absolute Gasteiger partial charge is 0.456 e. The molecule has 0 spiro atoms. The number of ether oxygens (including phenoxy) is 1. The smallest absolute Gasteiger partial charge is 0.164 e. The molecule has 0 atom stereocenters. The van der Waals surface area contributed by atoms with E-state index in [1.165, 1.54) is 0 Å². The number of rotatable bonds is 5. The van der Waals surface area contributed by atoms with E-state index in [1.54, 1.807) is 12.1 Å². The van der Waals surface area contributed by atoms with Crippen molar-refractivity contribution in [1.82, 2.24) is 15.0 Å². The van der Waals surface area contributed by atoms with E-state index < -0.39 is 5.41 Å². The Morgan fingerprint density at radius 3 is 1.64 bits per heavy atom. The van der Waals surface area contributed by atoms with E-state index in [-0.39, 0.29) is 0 Å². The van der Waals surface area contributed by atoms with Crippen LogP contribution < -0.4 is 4.74 Å². The van der Waals surface area contributed by atoms with Crippen molar-refractivity contribution in [3.63, 3.8) is 0 Å². The van der Waals surface area contributed by atoms with Crippen LogP contribution in [0.5, 0.6) is 11.5 Å². The minimum Gasteiger partial charge on any atom is -0.456 e. The summed E-state index contributed by atoms with van der Waals surface area (Å²) in [4.78, 5) is 14.9. The van der Waals surface area contributed by atoms with E-state index in [9.17, 15) is 5.26 Å². The van der Waals surface area contributed by atoms with Crippen molar-refractivity contribution in [3.8, 4) is 51.7 Å². The third-order valence-corrected chi connectivity index (χ3v) is 9.49. The van der Waals surface area contributed by atoms with Gasteiger partial charge in [0, 0.05) is 33.2 Å². The Labute approximate surface area is 289 Å². The molecule has 5 nitrogen and oxygen atoms in total. The maximum Gasteiger partial charge on any atom is 0.164 e. The standard InChI is InChI=1S/C45H28N4O/c46-29-30-20-22-33(23-21-30)43-47-42(32-13-4-1-5-14-32)48-44(49-43)34-25-26-38-40(28-34)50-41-37-19-11-10-12-31(37)24-27-39(41)45(38,35-15-6-2-7-16-35)36-17-8-3-9-18-36/h1-28H. The minimum atomic E-state index is -0.657. The molecule has 0 fully saturated rings. The monoisotopic (exact) mass is 640 g/mol. The Morgan fingerprint density at radius 2 is 1.00 bits per heavy atom. The molecule has 1 aliphatic rings. The molecule has 8 aromatic rings. The molecule has 7 aromatic carbocycles. The number of hydrogen-bond donors (Lipinski definition) is 0. The Hall–Kier alpha value is -6.90. The fraction of sp³-hybridized carbons (Fsp3) is 0.0222. The lowest BCUT2D eigenvalue weighted by Gasteiger charge is -2.42. The zero-order valence-electron chi connectivity index (χ0n) is 26.9. The number of aromatic nitrogens is 3. The first-order chi connectivity index (χ1) is 24.7. The summed E-state index contributed by atoms with van der Waals surface area (Å²) >= 11 is 0. The summed E-state index contributed by atoms with van der Waals surface area (Å²) in [6.45, 7) is 0. The van der Waals surface area contributed by atoms with E-state index in [2.05, 4.69) is 121 Å². The zero-order valence-corrected chi connectivity index (χ0v) is 26.9. The fourth-order valence-corrected chi connectivity index (χ4v) is 7.17. The highest BCUT2D eigenvalue weighted by Gasteiger charge is 2.46. The Kier molecular flexibility index (Phi) is 7.00. The van der Waals surface area contributed by atoms with E-state index in [0.717, 1.165) is 61.2 Å². The molecule has 2 heterocycles. The van der Waals surface area contributed by atoms with Crippen LogP contribution in [0.4, 0.5) is 0 Å². The van der Waals surface area contributed by atoms with Crippen molar-refractivity contribution in [2.24, 2.45) is 0 Å². The summed E-state index contributed by atoms with van der Waals surface area (Å²) in [5.74, 6) is 3.18. The van der Waals surface area contributed by atoms with E-state index in [4.69, 9.17) is 19.7 Å². The van der Waals surface area contributed by atoms with Gasteiger partial charge in [0.15, 0.2) is 17.5 Å². The third-order valence-electron chi connectivity index (χ3n) is 9.49. The van der Waals surface area contributed by atoms with Crippen molar-refractivity contribution >= 4 is 10.8 Å². The van der Waals surface area contributed by atoms with Crippen molar-refractivity contribution < 1.29 is 4.74 Å². The van der Waals surface area contributed by atoms with Crippen LogP contribution >= 0.6 is 0 Å². The van der Waals surface area contributed by atoms with Crippen LogP contribution in [0.25, 0.3) is 44.9 Å². The molecule has 0 N–H and O–H groups in total. The molecule has 0 radical (unpaired) electrons. The van der Waals surface area contributed by atoms with E-state index in [0.29, 0.717) is 23.0 Å². The van der Waals surface area contributed by atoms with Crippen molar-refractivity contribution in [2.45, 2.75) is 5.41 Å². The van der Waals surface area contributed by atoms with Gasteiger partial charge in [-0.1, -0.05) is 140 Å². The number of benzene rings is 7. The molecule has 9 rings (SSSR count). The van der Waals surface area contributed by atoms with Crippen molar-refractivity contribution in [2.75, 3.05) is 0 Å². The van der Waals surface area contributed by atoms with Crippen LogP contribution in [0.2, 0.25) is 0 Å². The predicted octanol–water partition coefficient (Wildman–Crippen LogP) is 10.4. The Bertz CT molecular complexity index is 2520. The van der Waals surface area contributed by atoms with Gasteiger partial charge in [0.1, 0.15) is 11.5 Å². The average Bonchev–Trinajstić information content (AvgIpc) is 3.20. The van der Waals surface area contributed by atoms with Crippen LogP contribution in [0.1, 0.15) is 27.8 Å². The maximum atomic E-state index is 9.38. The van der Waals surface area contributed by atoms with Gasteiger partial charge in [0.05, 0.1) is 17.0 Å². The molecule has 1 aromatic heterocycles. The fourth-order valence-electron chi connectivity index (χ4n) is 7.17. The normalized spacial score (nSPS) is 12.7. The van der Waals surface area contributed by atoms with Crippen LogP contribution in [0, 0.1) is 11.3 Å². The molecule has 0 aliphatic carbocycles. The van der Waals surface area contributed by atoms with Gasteiger partial charge >= 0.3 is 0 Å². The van der Waals surface area contributed by atoms with Gasteiger partial charge < -0.3 is 4.74 Å². The van der Waals surface area contributed by atoms with Crippen molar-refractivity contribution in [3.05, 3.63) is 198 Å². The molecular weight excluding hydrogens is 613 g/mol. The minimum absolute atomic E-state index is 0.524. The zero-order chi connectivity index (χ0) is 33.5. The molecule has 0 saturated carbocycles. The summed E-state index contributed by atoms with van der Waals surface area (Å²) in [5, 5.41) is 11.5. The van der Waals surface area contributed by atoms with Gasteiger partial charge in [-0.25, -0.2) is 15.0 Å². The van der Waals surface area contributed by atoms with Crippen LogP contribution in [0.15, 0.2) is 170 Å². The number of hydrogen-bond acceptors (Lipinski definition) is 5. The Morgan fingerprint density at radius 1 is 0.480 bits per heavy atom. The molecule has 0 saturated heterocycles. The van der Waals surface area contributed by atoms with Gasteiger partial charge in [0.25, 0.3) is 0 Å². The highest BCUT2D eigenvalue weighted by Crippen LogP contribution is 2.57. The molecule has 5 heteroatoms. The first kappa shape index (κ1) is 29.3. The first-order valence-electron chi connectivity index (χ1n) is 16.5. The first-order valence-corrected chi connectivity index (χ1v) is 16.5. The average molecular weight is 641 g/mol. The summed E-state index contributed by atoms with van der Waals surface area (Å²) in [5.41, 5.74) is 6.82. The summed E-state index contributed by atoms with van der Waals surface area (Å²) in [6.07, 6.45) is 0. The number of nitriles is 1. The summed E-state index contributed by atoms with van der Waals surface area (Å²) < 4.78 is 7.00. The molecule has 0 bridgehead atoms. The second-order valence-electron chi connectivity index (χ2n) is 12.3. The maximum absolute atomic E-state index is 9.38. The SMILES string of the molecule is N#Cc1ccc(-c2nc(-c3ccccc3)nc(-c3ccc4c(c3)Oc3c(ccc5ccccc35)C4(c3ccccc3)c3ccccc3)n2)cc1. The van der Waals surface area contributed by atoms with Crippen LogP contribution in [0.3, 0.4) is 0 Å². The van der Waals surface area contributed by atoms with Gasteiger partial charge in [-0.2, -0.15) is 5.26 Å². The number of nitrogens with zero attached hydrogens (tertiary/aromatic N) is 4. The predicted molar refractivity (Wildman–Crippen MR) is 197 cm³/mol. The third kappa shape index (κ3) is 4.74. The second kappa shape index (κ2) is 12.0. The van der Waals surface area contributed by atoms with Gasteiger partial charge in [-0.15, -0.1) is 0 Å². The lowest BCUT2D eigenvalue weighted by Crippen LogP contribution is -2.34. The lowest BCUT2D eigenvalue weighted by molar-refractivity contribution is 0.440. The molecule has 1 aliphatic heterocycles. The topological polar surface area (TPSA) is 71.7 Å². The highest BCUT2D eigenvalue weighted by molar-refractivity contribution is 5.92. The molecular formula is C45H28N4O. The molecule has 50 heavy (non-hydrogen) atoms. The van der Waals surface area contributed by atoms with Crippen molar-refractivity contribution in [1.29, 1.82) is 5.26 Å². The van der Waals surface area contributed by atoms with Crippen LogP contribution in [-0.2, 0) is 5.41 Å². The second-order valence-corrected chi connectivity index (χ2v) is 12.3. The summed E-state index contributed by atoms with van der Waals surface area (Å²) in [7, 11) is 0. The molecule has 0 unspecified atom stereocenters. The lowest BCUT2D eigenvalue weighted by atomic mass is 9.63. The molecule has 0 amide bonds. The van der Waals surface area contributed by atoms with E-state index in [1.807, 2.05) is 42.5 Å². The van der Waals surface area contributed by atoms with Crippen LogP contribution in [-0.4, -0.2) is 15.0 Å². The quantitative estimate of drug-likeness (QED) is 0.187. The molecule has 234 valence electrons. The number of fused-ring (bicyclic) bond motifs is 4. The highest BCUT2D eigenvalue weighted by atomic mass is 16.5.